The molecule has 92 valence electrons. The third kappa shape index (κ3) is 2.80. The van der Waals surface area contributed by atoms with E-state index in [1.807, 2.05) is 0 Å². The maximum absolute atomic E-state index is 13.0. The van der Waals surface area contributed by atoms with Crippen LogP contribution in [0.5, 0.6) is 11.6 Å². The summed E-state index contributed by atoms with van der Waals surface area (Å²) in [6.45, 7) is 0. The van der Waals surface area contributed by atoms with Crippen LogP contribution >= 0.6 is 15.9 Å². The van der Waals surface area contributed by atoms with Gasteiger partial charge in [-0.05, 0) is 34.1 Å². The molecule has 0 spiro atoms. The molecule has 1 aromatic heterocycles. The van der Waals surface area contributed by atoms with Crippen molar-refractivity contribution in [3.05, 3.63) is 46.6 Å². The van der Waals surface area contributed by atoms with Crippen molar-refractivity contribution in [2.24, 2.45) is 0 Å². The lowest BCUT2D eigenvalue weighted by molar-refractivity contribution is 0.0689. The zero-order chi connectivity index (χ0) is 13.1. The van der Waals surface area contributed by atoms with E-state index in [0.29, 0.717) is 5.75 Å². The molecule has 0 aliphatic rings. The van der Waals surface area contributed by atoms with Gasteiger partial charge in [0, 0.05) is 0 Å². The van der Waals surface area contributed by atoms with Gasteiger partial charge < -0.3 is 9.84 Å². The molecule has 0 fully saturated rings. The zero-order valence-electron chi connectivity index (χ0n) is 8.80. The van der Waals surface area contributed by atoms with Crippen molar-refractivity contribution in [3.8, 4) is 11.6 Å². The van der Waals surface area contributed by atoms with Crippen LogP contribution in [-0.4, -0.2) is 21.0 Å². The maximum Gasteiger partial charge on any atom is 0.356 e. The Kier molecular flexibility index (Phi) is 3.52. The first kappa shape index (κ1) is 12.4. The summed E-state index contributed by atoms with van der Waals surface area (Å²) in [5.74, 6) is -1.28. The normalized spacial score (nSPS) is 10.1. The quantitative estimate of drug-likeness (QED) is 0.943. The van der Waals surface area contributed by atoms with Gasteiger partial charge in [0.05, 0.1) is 16.9 Å². The number of benzene rings is 1. The van der Waals surface area contributed by atoms with E-state index < -0.39 is 11.8 Å². The van der Waals surface area contributed by atoms with Crippen molar-refractivity contribution >= 4 is 21.9 Å². The molecule has 2 rings (SSSR count). The number of carbonyl (C=O) groups is 1. The molecule has 0 unspecified atom stereocenters. The molecule has 0 saturated carbocycles. The van der Waals surface area contributed by atoms with Crippen LogP contribution in [-0.2, 0) is 0 Å². The van der Waals surface area contributed by atoms with Crippen LogP contribution < -0.4 is 4.74 Å². The van der Waals surface area contributed by atoms with Crippen molar-refractivity contribution in [1.82, 2.24) is 9.97 Å². The molecular formula is C11H6BrFN2O3. The number of nitrogens with zero attached hydrogens (tertiary/aromatic N) is 2. The molecule has 1 heterocycles. The Morgan fingerprint density at radius 1 is 1.39 bits per heavy atom. The summed E-state index contributed by atoms with van der Waals surface area (Å²) in [6, 6.07) is 4.02. The first-order valence-corrected chi connectivity index (χ1v) is 5.54. The SMILES string of the molecule is O=C(O)c1cncc(Oc2ccc(F)c(Br)c2)n1. The highest BCUT2D eigenvalue weighted by Gasteiger charge is 2.08. The van der Waals surface area contributed by atoms with Crippen LogP contribution in [0.25, 0.3) is 0 Å². The van der Waals surface area contributed by atoms with Crippen molar-refractivity contribution in [2.75, 3.05) is 0 Å². The van der Waals surface area contributed by atoms with E-state index in [4.69, 9.17) is 9.84 Å². The van der Waals surface area contributed by atoms with E-state index >= 15 is 0 Å². The van der Waals surface area contributed by atoms with Gasteiger partial charge in [-0.2, -0.15) is 0 Å². The van der Waals surface area contributed by atoms with E-state index in [-0.39, 0.29) is 16.0 Å². The lowest BCUT2D eigenvalue weighted by atomic mass is 10.3. The lowest BCUT2D eigenvalue weighted by Gasteiger charge is -2.05. The van der Waals surface area contributed by atoms with Crippen LogP contribution in [0.15, 0.2) is 35.1 Å². The summed E-state index contributed by atoms with van der Waals surface area (Å²) in [6.07, 6.45) is 2.37. The van der Waals surface area contributed by atoms with Gasteiger partial charge in [0.15, 0.2) is 5.69 Å². The second-order valence-corrected chi connectivity index (χ2v) is 4.08. The van der Waals surface area contributed by atoms with Crippen molar-refractivity contribution in [2.45, 2.75) is 0 Å². The molecule has 0 aliphatic heterocycles. The smallest absolute Gasteiger partial charge is 0.356 e. The Morgan fingerprint density at radius 3 is 2.83 bits per heavy atom. The molecule has 18 heavy (non-hydrogen) atoms. The minimum atomic E-state index is -1.20. The molecular weight excluding hydrogens is 307 g/mol. The van der Waals surface area contributed by atoms with Crippen LogP contribution in [0, 0.1) is 5.82 Å². The average molecular weight is 313 g/mol. The van der Waals surface area contributed by atoms with E-state index in [0.717, 1.165) is 6.20 Å². The number of carboxylic acid groups (broad SMARTS) is 1. The van der Waals surface area contributed by atoms with Crippen molar-refractivity contribution < 1.29 is 19.0 Å². The molecule has 7 heteroatoms. The fourth-order valence-corrected chi connectivity index (χ4v) is 1.52. The minimum absolute atomic E-state index is 0.0217. The fourth-order valence-electron chi connectivity index (χ4n) is 1.16. The first-order chi connectivity index (χ1) is 8.56. The molecule has 0 amide bonds. The summed E-state index contributed by atoms with van der Waals surface area (Å²) < 4.78 is 18.5. The van der Waals surface area contributed by atoms with Gasteiger partial charge in [-0.15, -0.1) is 0 Å². The monoisotopic (exact) mass is 312 g/mol. The van der Waals surface area contributed by atoms with Gasteiger partial charge >= 0.3 is 5.97 Å². The standard InChI is InChI=1S/C11H6BrFN2O3/c12-7-3-6(1-2-8(7)13)18-10-5-14-4-9(15-10)11(16)17/h1-5H,(H,16,17). The predicted octanol–water partition coefficient (Wildman–Crippen LogP) is 2.87. The number of aromatic carboxylic acids is 1. The number of hydrogen-bond donors (Lipinski definition) is 1. The molecule has 1 N–H and O–H groups in total. The summed E-state index contributed by atoms with van der Waals surface area (Å²) >= 11 is 3.01. The Bertz CT molecular complexity index is 607. The zero-order valence-corrected chi connectivity index (χ0v) is 10.4. The highest BCUT2D eigenvalue weighted by Crippen LogP contribution is 2.25. The number of ether oxygens (including phenoxy) is 1. The third-order valence-corrected chi connectivity index (χ3v) is 2.55. The number of aromatic nitrogens is 2. The van der Waals surface area contributed by atoms with Gasteiger partial charge in [0.25, 0.3) is 0 Å². The number of rotatable bonds is 3. The molecule has 0 saturated heterocycles. The second-order valence-electron chi connectivity index (χ2n) is 3.23. The molecule has 0 bridgehead atoms. The van der Waals surface area contributed by atoms with Crippen LogP contribution in [0.4, 0.5) is 4.39 Å². The van der Waals surface area contributed by atoms with E-state index in [2.05, 4.69) is 25.9 Å². The van der Waals surface area contributed by atoms with E-state index in [1.165, 1.54) is 24.4 Å². The first-order valence-electron chi connectivity index (χ1n) is 4.74. The van der Waals surface area contributed by atoms with Crippen molar-refractivity contribution in [3.63, 3.8) is 0 Å². The second kappa shape index (κ2) is 5.09. The fraction of sp³-hybridized carbons (Fsp3) is 0. The molecule has 5 nitrogen and oxygen atoms in total. The Morgan fingerprint density at radius 2 is 2.17 bits per heavy atom. The third-order valence-electron chi connectivity index (χ3n) is 1.95. The van der Waals surface area contributed by atoms with Crippen molar-refractivity contribution in [1.29, 1.82) is 0 Å². The highest BCUT2D eigenvalue weighted by atomic mass is 79.9. The van der Waals surface area contributed by atoms with Gasteiger partial charge in [-0.3, -0.25) is 4.98 Å². The Balaban J connectivity index is 2.25. The molecule has 0 radical (unpaired) electrons. The summed E-state index contributed by atoms with van der Waals surface area (Å²) in [7, 11) is 0. The largest absolute Gasteiger partial charge is 0.476 e. The predicted molar refractivity (Wildman–Crippen MR) is 63.2 cm³/mol. The summed E-state index contributed by atoms with van der Waals surface area (Å²) in [4.78, 5) is 18.1. The average Bonchev–Trinajstić information content (AvgIpc) is 2.34. The van der Waals surface area contributed by atoms with Crippen LogP contribution in [0.1, 0.15) is 10.5 Å². The number of hydrogen-bond acceptors (Lipinski definition) is 4. The summed E-state index contributed by atoms with van der Waals surface area (Å²) in [5, 5.41) is 8.74. The highest BCUT2D eigenvalue weighted by molar-refractivity contribution is 9.10. The van der Waals surface area contributed by atoms with Crippen LogP contribution in [0.3, 0.4) is 0 Å². The minimum Gasteiger partial charge on any atom is -0.476 e. The van der Waals surface area contributed by atoms with Crippen LogP contribution in [0.2, 0.25) is 0 Å². The molecule has 0 atom stereocenters. The van der Waals surface area contributed by atoms with E-state index in [1.54, 1.807) is 0 Å². The number of carboxylic acids is 1. The Labute approximate surface area is 109 Å². The van der Waals surface area contributed by atoms with Gasteiger partial charge in [-0.1, -0.05) is 0 Å². The molecule has 0 aliphatic carbocycles. The summed E-state index contributed by atoms with van der Waals surface area (Å²) in [5.41, 5.74) is -0.228. The Hall–Kier alpha value is -2.02. The van der Waals surface area contributed by atoms with Gasteiger partial charge in [0.2, 0.25) is 5.88 Å². The van der Waals surface area contributed by atoms with Gasteiger partial charge in [0.1, 0.15) is 11.6 Å². The topological polar surface area (TPSA) is 72.3 Å². The lowest BCUT2D eigenvalue weighted by Crippen LogP contribution is -2.02. The maximum atomic E-state index is 13.0. The molecule has 1 aromatic carbocycles. The number of halogens is 2. The van der Waals surface area contributed by atoms with E-state index in [9.17, 15) is 9.18 Å². The van der Waals surface area contributed by atoms with Gasteiger partial charge in [-0.25, -0.2) is 14.2 Å². The molecule has 2 aromatic rings.